The Hall–Kier alpha value is -1.13. The molecule has 1 aromatic heterocycles. The van der Waals surface area contributed by atoms with Crippen molar-refractivity contribution in [2.75, 3.05) is 25.5 Å². The molecule has 0 unspecified atom stereocenters. The van der Waals surface area contributed by atoms with E-state index in [0.717, 1.165) is 11.4 Å². The summed E-state index contributed by atoms with van der Waals surface area (Å²) in [6, 6.07) is 4.61. The molecule has 4 heteroatoms. The van der Waals surface area contributed by atoms with Gasteiger partial charge in [-0.15, -0.1) is 0 Å². The van der Waals surface area contributed by atoms with E-state index in [-0.39, 0.29) is 0 Å². The fourth-order valence-electron chi connectivity index (χ4n) is 1.99. The van der Waals surface area contributed by atoms with Crippen molar-refractivity contribution < 1.29 is 0 Å². The summed E-state index contributed by atoms with van der Waals surface area (Å²) in [5.41, 5.74) is 6.61. The van der Waals surface area contributed by atoms with Crippen LogP contribution in [0.4, 0.5) is 5.82 Å². The quantitative estimate of drug-likeness (QED) is 0.799. The standard InChI is InChI=1S/C12H20N4/c1-16-6-4-11(5-7-16)15-12-3-2-10(8-13)9-14-12/h2-3,9,11H,4-8,13H2,1H3,(H,14,15). The number of nitrogens with zero attached hydrogens (tertiary/aromatic N) is 2. The molecule has 16 heavy (non-hydrogen) atoms. The van der Waals surface area contributed by atoms with Crippen molar-refractivity contribution in [3.8, 4) is 0 Å². The summed E-state index contributed by atoms with van der Waals surface area (Å²) in [5.74, 6) is 0.965. The van der Waals surface area contributed by atoms with Gasteiger partial charge in [-0.2, -0.15) is 0 Å². The van der Waals surface area contributed by atoms with Crippen LogP contribution in [0.2, 0.25) is 0 Å². The van der Waals surface area contributed by atoms with E-state index in [1.54, 1.807) is 0 Å². The van der Waals surface area contributed by atoms with Gasteiger partial charge in [0.2, 0.25) is 0 Å². The fraction of sp³-hybridized carbons (Fsp3) is 0.583. The van der Waals surface area contributed by atoms with Crippen LogP contribution in [0.15, 0.2) is 18.3 Å². The highest BCUT2D eigenvalue weighted by molar-refractivity contribution is 5.36. The summed E-state index contributed by atoms with van der Waals surface area (Å²) in [7, 11) is 2.17. The zero-order valence-electron chi connectivity index (χ0n) is 9.82. The Kier molecular flexibility index (Phi) is 3.74. The first-order valence-electron chi connectivity index (χ1n) is 5.88. The van der Waals surface area contributed by atoms with Gasteiger partial charge in [-0.3, -0.25) is 0 Å². The Morgan fingerprint density at radius 1 is 1.44 bits per heavy atom. The molecule has 1 fully saturated rings. The first-order valence-corrected chi connectivity index (χ1v) is 5.88. The van der Waals surface area contributed by atoms with Gasteiger partial charge in [0, 0.05) is 18.8 Å². The van der Waals surface area contributed by atoms with E-state index in [1.165, 1.54) is 25.9 Å². The minimum absolute atomic E-state index is 0.557. The molecule has 0 bridgehead atoms. The minimum atomic E-state index is 0.557. The normalized spacial score (nSPS) is 18.6. The number of rotatable bonds is 3. The zero-order chi connectivity index (χ0) is 11.4. The molecule has 0 atom stereocenters. The molecule has 4 nitrogen and oxygen atoms in total. The molecule has 88 valence electrons. The second-order valence-electron chi connectivity index (χ2n) is 4.48. The second-order valence-corrected chi connectivity index (χ2v) is 4.48. The third-order valence-corrected chi connectivity index (χ3v) is 3.13. The van der Waals surface area contributed by atoms with Gasteiger partial charge in [0.1, 0.15) is 5.82 Å². The zero-order valence-corrected chi connectivity index (χ0v) is 9.82. The molecule has 2 rings (SSSR count). The number of nitrogens with one attached hydrogen (secondary N) is 1. The number of hydrogen-bond acceptors (Lipinski definition) is 4. The molecule has 0 aliphatic carbocycles. The van der Waals surface area contributed by atoms with Crippen LogP contribution in [0.3, 0.4) is 0 Å². The molecule has 0 saturated carbocycles. The average molecular weight is 220 g/mol. The van der Waals surface area contributed by atoms with Gasteiger partial charge < -0.3 is 16.0 Å². The van der Waals surface area contributed by atoms with Gasteiger partial charge in [-0.05, 0) is 44.6 Å². The highest BCUT2D eigenvalue weighted by atomic mass is 15.1. The van der Waals surface area contributed by atoms with E-state index in [9.17, 15) is 0 Å². The van der Waals surface area contributed by atoms with E-state index in [0.29, 0.717) is 12.6 Å². The number of aromatic nitrogens is 1. The highest BCUT2D eigenvalue weighted by Crippen LogP contribution is 2.14. The largest absolute Gasteiger partial charge is 0.367 e. The number of nitrogens with two attached hydrogens (primary N) is 1. The highest BCUT2D eigenvalue weighted by Gasteiger charge is 2.16. The molecular weight excluding hydrogens is 200 g/mol. The first kappa shape index (κ1) is 11.4. The van der Waals surface area contributed by atoms with Gasteiger partial charge >= 0.3 is 0 Å². The number of anilines is 1. The van der Waals surface area contributed by atoms with Crippen molar-refractivity contribution in [2.24, 2.45) is 5.73 Å². The molecule has 1 aliphatic heterocycles. The molecule has 0 spiro atoms. The van der Waals surface area contributed by atoms with Crippen LogP contribution in [-0.2, 0) is 6.54 Å². The number of likely N-dealkylation sites (tertiary alicyclic amines) is 1. The van der Waals surface area contributed by atoms with Crippen molar-refractivity contribution in [3.63, 3.8) is 0 Å². The molecule has 1 saturated heterocycles. The lowest BCUT2D eigenvalue weighted by atomic mass is 10.1. The number of hydrogen-bond donors (Lipinski definition) is 2. The van der Waals surface area contributed by atoms with E-state index in [2.05, 4.69) is 22.2 Å². The van der Waals surface area contributed by atoms with E-state index < -0.39 is 0 Å². The molecular formula is C12H20N4. The Bertz CT molecular complexity index is 314. The Morgan fingerprint density at radius 2 is 2.19 bits per heavy atom. The van der Waals surface area contributed by atoms with Crippen LogP contribution in [0.25, 0.3) is 0 Å². The maximum absolute atomic E-state index is 5.53. The topological polar surface area (TPSA) is 54.2 Å². The second kappa shape index (κ2) is 5.27. The van der Waals surface area contributed by atoms with Crippen LogP contribution < -0.4 is 11.1 Å². The van der Waals surface area contributed by atoms with Crippen LogP contribution in [-0.4, -0.2) is 36.1 Å². The van der Waals surface area contributed by atoms with Crippen molar-refractivity contribution in [1.82, 2.24) is 9.88 Å². The summed E-state index contributed by atoms with van der Waals surface area (Å²) in [6.45, 7) is 2.89. The summed E-state index contributed by atoms with van der Waals surface area (Å²) < 4.78 is 0. The summed E-state index contributed by atoms with van der Waals surface area (Å²) in [4.78, 5) is 6.72. The average Bonchev–Trinajstić information content (AvgIpc) is 2.33. The third-order valence-electron chi connectivity index (χ3n) is 3.13. The maximum Gasteiger partial charge on any atom is 0.126 e. The molecule has 2 heterocycles. The fourth-order valence-corrected chi connectivity index (χ4v) is 1.99. The smallest absolute Gasteiger partial charge is 0.126 e. The number of pyridine rings is 1. The minimum Gasteiger partial charge on any atom is -0.367 e. The Balaban J connectivity index is 1.88. The van der Waals surface area contributed by atoms with Gasteiger partial charge in [-0.1, -0.05) is 6.07 Å². The van der Waals surface area contributed by atoms with Crippen LogP contribution in [0, 0.1) is 0 Å². The predicted octanol–water partition coefficient (Wildman–Crippen LogP) is 1.05. The Labute approximate surface area is 96.8 Å². The molecule has 0 aromatic carbocycles. The summed E-state index contributed by atoms with van der Waals surface area (Å²) in [6.07, 6.45) is 4.23. The lowest BCUT2D eigenvalue weighted by Gasteiger charge is -2.29. The van der Waals surface area contributed by atoms with Crippen LogP contribution in [0.1, 0.15) is 18.4 Å². The lowest BCUT2D eigenvalue weighted by Crippen LogP contribution is -2.36. The first-order chi connectivity index (χ1) is 7.78. The van der Waals surface area contributed by atoms with Gasteiger partial charge in [-0.25, -0.2) is 4.98 Å². The van der Waals surface area contributed by atoms with E-state index in [1.807, 2.05) is 18.3 Å². The third kappa shape index (κ3) is 2.93. The van der Waals surface area contributed by atoms with Crippen molar-refractivity contribution in [3.05, 3.63) is 23.9 Å². The Morgan fingerprint density at radius 3 is 2.75 bits per heavy atom. The number of piperidine rings is 1. The monoisotopic (exact) mass is 220 g/mol. The van der Waals surface area contributed by atoms with Crippen molar-refractivity contribution >= 4 is 5.82 Å². The SMILES string of the molecule is CN1CCC(Nc2ccc(CN)cn2)CC1. The summed E-state index contributed by atoms with van der Waals surface area (Å²) in [5, 5.41) is 3.47. The van der Waals surface area contributed by atoms with Crippen molar-refractivity contribution in [2.45, 2.75) is 25.4 Å². The van der Waals surface area contributed by atoms with Gasteiger partial charge in [0.05, 0.1) is 0 Å². The molecule has 1 aromatic rings. The van der Waals surface area contributed by atoms with Crippen LogP contribution >= 0.6 is 0 Å². The van der Waals surface area contributed by atoms with Crippen molar-refractivity contribution in [1.29, 1.82) is 0 Å². The molecule has 1 aliphatic rings. The van der Waals surface area contributed by atoms with E-state index >= 15 is 0 Å². The van der Waals surface area contributed by atoms with Gasteiger partial charge in [0.25, 0.3) is 0 Å². The molecule has 3 N–H and O–H groups in total. The van der Waals surface area contributed by atoms with E-state index in [4.69, 9.17) is 5.73 Å². The lowest BCUT2D eigenvalue weighted by molar-refractivity contribution is 0.263. The molecule has 0 radical (unpaired) electrons. The summed E-state index contributed by atoms with van der Waals surface area (Å²) >= 11 is 0. The maximum atomic E-state index is 5.53. The van der Waals surface area contributed by atoms with Gasteiger partial charge in [0.15, 0.2) is 0 Å². The molecule has 0 amide bonds. The van der Waals surface area contributed by atoms with Crippen LogP contribution in [0.5, 0.6) is 0 Å². The predicted molar refractivity (Wildman–Crippen MR) is 66.3 cm³/mol.